The Morgan fingerprint density at radius 2 is 1.92 bits per heavy atom. The molecule has 0 saturated carbocycles. The Hall–Kier alpha value is -1.25. The third kappa shape index (κ3) is 11.5. The van der Waals surface area contributed by atoms with Crippen molar-refractivity contribution in [1.82, 2.24) is 9.97 Å². The summed E-state index contributed by atoms with van der Waals surface area (Å²) in [5.41, 5.74) is 5.18. The van der Waals surface area contributed by atoms with E-state index in [0.29, 0.717) is 5.82 Å². The van der Waals surface area contributed by atoms with Crippen LogP contribution < -0.4 is 10.9 Å². The van der Waals surface area contributed by atoms with Gasteiger partial charge in [0, 0.05) is 12.4 Å². The Balaban J connectivity index is 0.000000217. The summed E-state index contributed by atoms with van der Waals surface area (Å²) in [6.45, 7) is 0. The molecular formula is C4H8N4O3S. The highest BCUT2D eigenvalue weighted by Gasteiger charge is 1.81. The Bertz CT molecular complexity index is 302. The Morgan fingerprint density at radius 1 is 1.42 bits per heavy atom. The van der Waals surface area contributed by atoms with Crippen LogP contribution in [0.25, 0.3) is 0 Å². The van der Waals surface area contributed by atoms with Crippen LogP contribution in [0.2, 0.25) is 0 Å². The maximum Gasteiger partial charge on any atom is 0.330 e. The fraction of sp³-hybridized carbons (Fsp3) is 0. The van der Waals surface area contributed by atoms with E-state index in [4.69, 9.17) is 18.7 Å². The molecule has 1 heterocycles. The molecule has 0 atom stereocenters. The normalized spacial score (nSPS) is 9.83. The predicted octanol–water partition coefficient (Wildman–Crippen LogP) is -1.19. The molecular weight excluding hydrogens is 184 g/mol. The number of hydrogen-bond acceptors (Lipinski definition) is 5. The van der Waals surface area contributed by atoms with Crippen molar-refractivity contribution in [1.29, 1.82) is 0 Å². The van der Waals surface area contributed by atoms with Crippen molar-refractivity contribution in [3.8, 4) is 0 Å². The number of nitrogens with two attached hydrogens (primary N) is 2. The lowest BCUT2D eigenvalue weighted by molar-refractivity contribution is 0.485. The number of nitrogens with zero attached hydrogens (tertiary/aromatic N) is 2. The fourth-order valence-electron chi connectivity index (χ4n) is 0.311. The Labute approximate surface area is 69.3 Å². The first-order chi connectivity index (χ1) is 5.39. The predicted molar refractivity (Wildman–Crippen MR) is 42.2 cm³/mol. The topological polar surface area (TPSA) is 132 Å². The molecule has 0 unspecified atom stereocenters. The lowest BCUT2D eigenvalue weighted by Gasteiger charge is -1.82. The van der Waals surface area contributed by atoms with E-state index in [2.05, 4.69) is 15.1 Å². The van der Waals surface area contributed by atoms with Gasteiger partial charge in [-0.05, 0) is 0 Å². The second-order valence-corrected chi connectivity index (χ2v) is 2.68. The van der Waals surface area contributed by atoms with E-state index in [9.17, 15) is 0 Å². The second kappa shape index (κ2) is 4.59. The van der Waals surface area contributed by atoms with Crippen LogP contribution in [0.5, 0.6) is 0 Å². The van der Waals surface area contributed by atoms with Crippen molar-refractivity contribution in [2.45, 2.75) is 0 Å². The van der Waals surface area contributed by atoms with Gasteiger partial charge in [0.1, 0.15) is 5.82 Å². The summed E-state index contributed by atoms with van der Waals surface area (Å²) in [7, 11) is -4.17. The van der Waals surface area contributed by atoms with Gasteiger partial charge in [-0.3, -0.25) is 9.54 Å². The van der Waals surface area contributed by atoms with Gasteiger partial charge in [0.05, 0.1) is 6.20 Å². The zero-order valence-electron chi connectivity index (χ0n) is 5.95. The second-order valence-electron chi connectivity index (χ2n) is 1.65. The number of hydrogen-bond donors (Lipinski definition) is 3. The molecule has 1 rings (SSSR count). The third-order valence-corrected chi connectivity index (χ3v) is 0.583. The van der Waals surface area contributed by atoms with Crippen molar-refractivity contribution >= 4 is 16.1 Å². The summed E-state index contributed by atoms with van der Waals surface area (Å²) >= 11 is 0. The lowest BCUT2D eigenvalue weighted by Crippen LogP contribution is -2.08. The zero-order chi connectivity index (χ0) is 9.61. The van der Waals surface area contributed by atoms with Gasteiger partial charge in [-0.2, -0.15) is 8.42 Å². The molecule has 0 aliphatic carbocycles. The average molecular weight is 192 g/mol. The first kappa shape index (κ1) is 10.8. The van der Waals surface area contributed by atoms with E-state index in [0.717, 1.165) is 0 Å². The van der Waals surface area contributed by atoms with Gasteiger partial charge in [0.25, 0.3) is 0 Å². The minimum atomic E-state index is -4.17. The van der Waals surface area contributed by atoms with Crippen molar-refractivity contribution in [2.75, 3.05) is 5.73 Å². The van der Waals surface area contributed by atoms with Gasteiger partial charge in [-0.25, -0.2) is 10.1 Å². The highest BCUT2D eigenvalue weighted by Crippen LogP contribution is 1.84. The van der Waals surface area contributed by atoms with Gasteiger partial charge < -0.3 is 5.73 Å². The summed E-state index contributed by atoms with van der Waals surface area (Å²) < 4.78 is 25.2. The van der Waals surface area contributed by atoms with E-state index < -0.39 is 10.3 Å². The van der Waals surface area contributed by atoms with Crippen LogP contribution in [0.15, 0.2) is 18.6 Å². The smallest absolute Gasteiger partial charge is 0.330 e. The molecule has 68 valence electrons. The van der Waals surface area contributed by atoms with E-state index in [1.807, 2.05) is 0 Å². The Morgan fingerprint density at radius 3 is 2.08 bits per heavy atom. The van der Waals surface area contributed by atoms with Crippen LogP contribution in [-0.4, -0.2) is 22.9 Å². The molecule has 0 aliphatic heterocycles. The van der Waals surface area contributed by atoms with Gasteiger partial charge in [-0.1, -0.05) is 0 Å². The molecule has 0 bridgehead atoms. The quantitative estimate of drug-likeness (QED) is 0.442. The van der Waals surface area contributed by atoms with E-state index >= 15 is 0 Å². The molecule has 0 saturated heterocycles. The van der Waals surface area contributed by atoms with Gasteiger partial charge in [0.15, 0.2) is 0 Å². The zero-order valence-corrected chi connectivity index (χ0v) is 6.77. The fourth-order valence-corrected chi connectivity index (χ4v) is 0.311. The van der Waals surface area contributed by atoms with E-state index in [1.165, 1.54) is 6.20 Å². The average Bonchev–Trinajstić information content (AvgIpc) is 1.85. The van der Waals surface area contributed by atoms with Crippen LogP contribution in [0.3, 0.4) is 0 Å². The highest BCUT2D eigenvalue weighted by atomic mass is 32.2. The Kier molecular flexibility index (Phi) is 4.11. The molecule has 1 aromatic rings. The lowest BCUT2D eigenvalue weighted by atomic mass is 10.7. The molecule has 5 N–H and O–H groups in total. The van der Waals surface area contributed by atoms with Crippen molar-refractivity contribution in [3.05, 3.63) is 18.6 Å². The van der Waals surface area contributed by atoms with Gasteiger partial charge in [0.2, 0.25) is 0 Å². The van der Waals surface area contributed by atoms with Crippen molar-refractivity contribution in [2.24, 2.45) is 5.14 Å². The molecule has 7 nitrogen and oxygen atoms in total. The van der Waals surface area contributed by atoms with E-state index in [-0.39, 0.29) is 0 Å². The van der Waals surface area contributed by atoms with Crippen molar-refractivity contribution < 1.29 is 13.0 Å². The molecule has 0 spiro atoms. The maximum absolute atomic E-state index is 8.97. The first-order valence-electron chi connectivity index (χ1n) is 2.66. The molecule has 0 amide bonds. The van der Waals surface area contributed by atoms with E-state index in [1.54, 1.807) is 12.4 Å². The highest BCUT2D eigenvalue weighted by molar-refractivity contribution is 7.83. The van der Waals surface area contributed by atoms with Crippen LogP contribution in [0.4, 0.5) is 5.82 Å². The van der Waals surface area contributed by atoms with Crippen LogP contribution >= 0.6 is 0 Å². The molecule has 12 heavy (non-hydrogen) atoms. The molecule has 0 aromatic carbocycles. The standard InChI is InChI=1S/C4H5N3.H3NO3S/c5-4-3-6-1-2-7-4;1-5(2,3)4/h1-3H,(H2,5,7);(H3,1,2,3,4). The SMILES string of the molecule is NS(=O)(=O)O.Nc1cnccn1. The monoisotopic (exact) mass is 192 g/mol. The van der Waals surface area contributed by atoms with Crippen molar-refractivity contribution in [3.63, 3.8) is 0 Å². The number of anilines is 1. The minimum Gasteiger partial charge on any atom is -0.382 e. The number of rotatable bonds is 0. The van der Waals surface area contributed by atoms with Crippen LogP contribution in [0.1, 0.15) is 0 Å². The molecule has 1 aromatic heterocycles. The summed E-state index contributed by atoms with van der Waals surface area (Å²) in [6.07, 6.45) is 4.63. The summed E-state index contributed by atoms with van der Waals surface area (Å²) in [6, 6.07) is 0. The third-order valence-electron chi connectivity index (χ3n) is 0.583. The summed E-state index contributed by atoms with van der Waals surface area (Å²) in [4.78, 5) is 7.39. The van der Waals surface area contributed by atoms with Gasteiger partial charge >= 0.3 is 10.3 Å². The minimum absolute atomic E-state index is 0.461. The molecule has 0 radical (unpaired) electrons. The molecule has 0 fully saturated rings. The summed E-state index contributed by atoms with van der Waals surface area (Å²) in [5, 5.41) is 3.88. The number of aromatic nitrogens is 2. The van der Waals surface area contributed by atoms with Crippen LogP contribution in [-0.2, 0) is 10.3 Å². The largest absolute Gasteiger partial charge is 0.382 e. The summed E-state index contributed by atoms with van der Waals surface area (Å²) in [5.74, 6) is 0.461. The first-order valence-corrected chi connectivity index (χ1v) is 4.16. The van der Waals surface area contributed by atoms with Crippen LogP contribution in [0, 0.1) is 0 Å². The number of nitrogen functional groups attached to an aromatic ring is 1. The molecule has 0 aliphatic rings. The maximum atomic E-state index is 8.97. The van der Waals surface area contributed by atoms with Gasteiger partial charge in [-0.15, -0.1) is 0 Å². The molecule has 8 heteroatoms.